The Bertz CT molecular complexity index is 326. The van der Waals surface area contributed by atoms with E-state index in [0.29, 0.717) is 6.26 Å². The maximum atomic E-state index is 10.7. The molecule has 90 valence electrons. The monoisotopic (exact) mass is 244 g/mol. The zero-order chi connectivity index (χ0) is 11.9. The van der Waals surface area contributed by atoms with Gasteiger partial charge >= 0.3 is 5.97 Å². The molecule has 0 aromatic heterocycles. The van der Waals surface area contributed by atoms with Gasteiger partial charge in [0.1, 0.15) is 12.2 Å². The van der Waals surface area contributed by atoms with Crippen LogP contribution in [0.25, 0.3) is 0 Å². The average molecular weight is 244 g/mol. The molecule has 1 aliphatic rings. The molecule has 4 atom stereocenters. The van der Waals surface area contributed by atoms with Crippen molar-refractivity contribution >= 4 is 10.1 Å². The van der Waals surface area contributed by atoms with Gasteiger partial charge in [-0.1, -0.05) is 0 Å². The van der Waals surface area contributed by atoms with Gasteiger partial charge in [0.05, 0.1) is 12.9 Å². The highest BCUT2D eigenvalue weighted by molar-refractivity contribution is 7.86. The van der Waals surface area contributed by atoms with E-state index in [-0.39, 0.29) is 0 Å². The topological polar surface area (TPSA) is 134 Å². The molecule has 1 aliphatic heterocycles. The molecule has 0 aromatic carbocycles. The molecular weight excluding hydrogens is 232 g/mol. The van der Waals surface area contributed by atoms with Crippen LogP contribution in [-0.2, 0) is 19.0 Å². The molecule has 0 saturated carbocycles. The highest BCUT2D eigenvalue weighted by Crippen LogP contribution is 2.31. The van der Waals surface area contributed by atoms with Crippen molar-refractivity contribution in [1.82, 2.24) is 0 Å². The van der Waals surface area contributed by atoms with Crippen LogP contribution >= 0.6 is 0 Å². The van der Waals surface area contributed by atoms with Crippen LogP contribution in [0.3, 0.4) is 0 Å². The predicted octanol–water partition coefficient (Wildman–Crippen LogP) is -3.28. The van der Waals surface area contributed by atoms with Gasteiger partial charge in [-0.05, 0) is 0 Å². The molecule has 1 saturated heterocycles. The Morgan fingerprint density at radius 1 is 1.47 bits per heavy atom. The summed E-state index contributed by atoms with van der Waals surface area (Å²) in [5.74, 6) is -2.86. The Morgan fingerprint density at radius 2 is 2.00 bits per heavy atom. The van der Waals surface area contributed by atoms with Crippen molar-refractivity contribution < 1.29 is 37.8 Å². The SMILES string of the molecule is CS(=O)(=O)OC1(O)O[C@H](CO)[C@@H](O)[C@H]1O. The number of rotatable bonds is 3. The highest BCUT2D eigenvalue weighted by Gasteiger charge is 2.56. The van der Waals surface area contributed by atoms with Crippen LogP contribution in [0.15, 0.2) is 0 Å². The summed E-state index contributed by atoms with van der Waals surface area (Å²) in [5.41, 5.74) is 0. The molecule has 0 bridgehead atoms. The van der Waals surface area contributed by atoms with Crippen LogP contribution in [0.1, 0.15) is 0 Å². The second-order valence-electron chi connectivity index (χ2n) is 3.19. The van der Waals surface area contributed by atoms with Gasteiger partial charge in [-0.15, -0.1) is 0 Å². The zero-order valence-corrected chi connectivity index (χ0v) is 8.59. The van der Waals surface area contributed by atoms with Crippen molar-refractivity contribution in [3.05, 3.63) is 0 Å². The molecule has 15 heavy (non-hydrogen) atoms. The fraction of sp³-hybridized carbons (Fsp3) is 1.00. The molecule has 9 heteroatoms. The van der Waals surface area contributed by atoms with E-state index in [1.807, 2.05) is 0 Å². The standard InChI is InChI=1S/C6H12O8S/c1-15(11,12)14-6(10)5(9)4(8)3(2-7)13-6/h3-5,7-10H,2H2,1H3/t3-,4-,5-,6?/m1/s1. The quantitative estimate of drug-likeness (QED) is 0.300. The van der Waals surface area contributed by atoms with Crippen LogP contribution in [0.5, 0.6) is 0 Å². The Labute approximate surface area is 85.8 Å². The van der Waals surface area contributed by atoms with Crippen molar-refractivity contribution in [2.24, 2.45) is 0 Å². The lowest BCUT2D eigenvalue weighted by Crippen LogP contribution is -2.46. The van der Waals surface area contributed by atoms with Gasteiger partial charge in [0.25, 0.3) is 10.1 Å². The predicted molar refractivity (Wildman–Crippen MR) is 44.9 cm³/mol. The fourth-order valence-corrected chi connectivity index (χ4v) is 1.78. The van der Waals surface area contributed by atoms with E-state index in [9.17, 15) is 23.7 Å². The third kappa shape index (κ3) is 2.64. The Hall–Kier alpha value is -0.290. The summed E-state index contributed by atoms with van der Waals surface area (Å²) in [7, 11) is -4.08. The average Bonchev–Trinajstić information content (AvgIpc) is 2.27. The first-order valence-electron chi connectivity index (χ1n) is 3.97. The van der Waals surface area contributed by atoms with Crippen LogP contribution in [0, 0.1) is 0 Å². The van der Waals surface area contributed by atoms with E-state index in [4.69, 9.17) is 5.11 Å². The second-order valence-corrected chi connectivity index (χ2v) is 4.77. The number of hydrogen-bond acceptors (Lipinski definition) is 8. The van der Waals surface area contributed by atoms with E-state index in [2.05, 4.69) is 8.92 Å². The van der Waals surface area contributed by atoms with Crippen molar-refractivity contribution in [3.63, 3.8) is 0 Å². The van der Waals surface area contributed by atoms with E-state index < -0.39 is 41.0 Å². The Balaban J connectivity index is 2.87. The Morgan fingerprint density at radius 3 is 2.33 bits per heavy atom. The van der Waals surface area contributed by atoms with Crippen molar-refractivity contribution in [2.45, 2.75) is 24.3 Å². The molecule has 4 N–H and O–H groups in total. The van der Waals surface area contributed by atoms with Crippen LogP contribution in [0.2, 0.25) is 0 Å². The van der Waals surface area contributed by atoms with Gasteiger partial charge in [0.2, 0.25) is 0 Å². The number of ether oxygens (including phenoxy) is 1. The van der Waals surface area contributed by atoms with Gasteiger partial charge in [-0.25, -0.2) is 4.18 Å². The molecule has 1 fully saturated rings. The smallest absolute Gasteiger partial charge is 0.326 e. The number of aliphatic hydroxyl groups is 4. The lowest BCUT2D eigenvalue weighted by atomic mass is 10.1. The first-order chi connectivity index (χ1) is 6.69. The number of aliphatic hydroxyl groups excluding tert-OH is 3. The third-order valence-electron chi connectivity index (χ3n) is 1.85. The zero-order valence-electron chi connectivity index (χ0n) is 7.77. The maximum Gasteiger partial charge on any atom is 0.326 e. The largest absolute Gasteiger partial charge is 0.394 e. The van der Waals surface area contributed by atoms with Crippen molar-refractivity contribution in [1.29, 1.82) is 0 Å². The van der Waals surface area contributed by atoms with Gasteiger partial charge in [-0.2, -0.15) is 8.42 Å². The molecular formula is C6H12O8S. The molecule has 0 radical (unpaired) electrons. The lowest BCUT2D eigenvalue weighted by Gasteiger charge is -2.23. The molecule has 0 amide bonds. The van der Waals surface area contributed by atoms with E-state index >= 15 is 0 Å². The normalized spacial score (nSPS) is 42.1. The van der Waals surface area contributed by atoms with E-state index in [1.54, 1.807) is 0 Å². The van der Waals surface area contributed by atoms with Gasteiger partial charge in [-0.3, -0.25) is 0 Å². The third-order valence-corrected chi connectivity index (χ3v) is 2.39. The first-order valence-corrected chi connectivity index (χ1v) is 5.79. The summed E-state index contributed by atoms with van der Waals surface area (Å²) in [4.78, 5) is 0. The maximum absolute atomic E-state index is 10.7. The number of hydrogen-bond donors (Lipinski definition) is 4. The molecule has 0 aromatic rings. The minimum atomic E-state index is -4.08. The lowest BCUT2D eigenvalue weighted by molar-refractivity contribution is -0.336. The van der Waals surface area contributed by atoms with Crippen LogP contribution in [-0.4, -0.2) is 66.0 Å². The van der Waals surface area contributed by atoms with Crippen molar-refractivity contribution in [2.75, 3.05) is 12.9 Å². The summed E-state index contributed by atoms with van der Waals surface area (Å²) >= 11 is 0. The molecule has 8 nitrogen and oxygen atoms in total. The van der Waals surface area contributed by atoms with Crippen LogP contribution < -0.4 is 0 Å². The van der Waals surface area contributed by atoms with Crippen LogP contribution in [0.4, 0.5) is 0 Å². The van der Waals surface area contributed by atoms with E-state index in [0.717, 1.165) is 0 Å². The van der Waals surface area contributed by atoms with E-state index in [1.165, 1.54) is 0 Å². The molecule has 1 unspecified atom stereocenters. The minimum absolute atomic E-state index is 0.639. The first kappa shape index (κ1) is 12.8. The summed E-state index contributed by atoms with van der Waals surface area (Å²) < 4.78 is 30.0. The minimum Gasteiger partial charge on any atom is -0.394 e. The Kier molecular flexibility index (Phi) is 3.36. The van der Waals surface area contributed by atoms with Crippen molar-refractivity contribution in [3.8, 4) is 0 Å². The van der Waals surface area contributed by atoms with Gasteiger partial charge < -0.3 is 25.2 Å². The molecule has 1 heterocycles. The molecule has 1 rings (SSSR count). The van der Waals surface area contributed by atoms with Gasteiger partial charge in [0.15, 0.2) is 6.10 Å². The second kappa shape index (κ2) is 3.94. The molecule has 0 aliphatic carbocycles. The summed E-state index contributed by atoms with van der Waals surface area (Å²) in [6.07, 6.45) is -4.29. The highest BCUT2D eigenvalue weighted by atomic mass is 32.2. The van der Waals surface area contributed by atoms with Gasteiger partial charge in [0, 0.05) is 0 Å². The fourth-order valence-electron chi connectivity index (χ4n) is 1.21. The molecule has 0 spiro atoms. The summed E-state index contributed by atoms with van der Waals surface area (Å²) in [6.45, 7) is -0.701. The summed E-state index contributed by atoms with van der Waals surface area (Å²) in [5, 5.41) is 36.6. The summed E-state index contributed by atoms with van der Waals surface area (Å²) in [6, 6.07) is 0.